The third-order valence-electron chi connectivity index (χ3n) is 7.77. The van der Waals surface area contributed by atoms with E-state index in [0.717, 1.165) is 28.4 Å². The molecule has 10 nitrogen and oxygen atoms in total. The van der Waals surface area contributed by atoms with Crippen molar-refractivity contribution in [3.05, 3.63) is 90.3 Å². The zero-order chi connectivity index (χ0) is 30.9. The van der Waals surface area contributed by atoms with Gasteiger partial charge in [0.15, 0.2) is 0 Å². The van der Waals surface area contributed by atoms with Crippen LogP contribution in [0, 0.1) is 5.92 Å². The average Bonchev–Trinajstić information content (AvgIpc) is 3.44. The molecule has 0 unspecified atom stereocenters. The lowest BCUT2D eigenvalue weighted by Gasteiger charge is -2.29. The van der Waals surface area contributed by atoms with Crippen LogP contribution in [0.2, 0.25) is 0 Å². The molecule has 0 saturated carbocycles. The van der Waals surface area contributed by atoms with Gasteiger partial charge in [0, 0.05) is 23.7 Å². The maximum atomic E-state index is 13.7. The van der Waals surface area contributed by atoms with Crippen molar-refractivity contribution in [2.45, 2.75) is 58.3 Å². The van der Waals surface area contributed by atoms with Crippen LogP contribution in [0.25, 0.3) is 10.8 Å². The number of fused-ring (bicyclic) bond motifs is 1. The van der Waals surface area contributed by atoms with Crippen LogP contribution < -0.4 is 21.3 Å². The van der Waals surface area contributed by atoms with Crippen LogP contribution in [0.5, 0.6) is 0 Å². The number of rotatable bonds is 12. The van der Waals surface area contributed by atoms with E-state index in [1.54, 1.807) is 13.1 Å². The Kier molecular flexibility index (Phi) is 10.7. The summed E-state index contributed by atoms with van der Waals surface area (Å²) in [6.45, 7) is 5.54. The fourth-order valence-electron chi connectivity index (χ4n) is 5.03. The molecule has 4 atom stereocenters. The lowest BCUT2D eigenvalue weighted by Crippen LogP contribution is -2.52. The molecule has 1 aliphatic heterocycles. The van der Waals surface area contributed by atoms with Crippen molar-refractivity contribution in [1.82, 2.24) is 15.5 Å². The molecule has 3 aromatic rings. The number of benzene rings is 3. The highest BCUT2D eigenvalue weighted by atomic mass is 16.5. The minimum absolute atomic E-state index is 0.0108. The van der Waals surface area contributed by atoms with Crippen molar-refractivity contribution >= 4 is 34.4 Å². The molecule has 0 radical (unpaired) electrons. The first kappa shape index (κ1) is 31.5. The molecule has 0 fully saturated rings. The number of amides is 3. The Hall–Kier alpha value is -4.41. The molecule has 228 valence electrons. The number of alkyl carbamates (subject to hydrolysis) is 1. The lowest BCUT2D eigenvalue weighted by molar-refractivity contribution is -0.129. The molecule has 1 heterocycles. The van der Waals surface area contributed by atoms with E-state index in [1.165, 1.54) is 4.90 Å². The molecule has 4 rings (SSSR count). The largest absolute Gasteiger partial charge is 0.445 e. The molecule has 3 amide bonds. The number of anilines is 1. The Balaban J connectivity index is 1.64. The summed E-state index contributed by atoms with van der Waals surface area (Å²) in [4.78, 5) is 43.1. The summed E-state index contributed by atoms with van der Waals surface area (Å²) < 4.78 is 5.44. The fourth-order valence-corrected chi connectivity index (χ4v) is 5.03. The predicted octanol–water partition coefficient (Wildman–Crippen LogP) is 3.84. The predicted molar refractivity (Wildman–Crippen MR) is 167 cm³/mol. The van der Waals surface area contributed by atoms with Gasteiger partial charge in [-0.25, -0.2) is 4.79 Å². The Bertz CT molecular complexity index is 1440. The summed E-state index contributed by atoms with van der Waals surface area (Å²) >= 11 is 0. The number of aliphatic hydroxyl groups is 1. The Labute approximate surface area is 252 Å². The van der Waals surface area contributed by atoms with E-state index in [0.29, 0.717) is 5.70 Å². The number of nitrogens with zero attached hydrogens (tertiary/aromatic N) is 2. The Morgan fingerprint density at radius 2 is 1.67 bits per heavy atom. The summed E-state index contributed by atoms with van der Waals surface area (Å²) in [5, 5.41) is 17.6. The lowest BCUT2D eigenvalue weighted by atomic mass is 9.99. The zero-order valence-corrected chi connectivity index (χ0v) is 24.9. The number of aliphatic hydroxyl groups excluding tert-OH is 1. The number of carbonyl (C=O) groups is 3. The van der Waals surface area contributed by atoms with E-state index < -0.39 is 30.1 Å². The van der Waals surface area contributed by atoms with Crippen molar-refractivity contribution < 1.29 is 24.2 Å². The average molecular weight is 588 g/mol. The highest BCUT2D eigenvalue weighted by Gasteiger charge is 2.33. The number of nitrogens with one attached hydrogen (secondary N) is 2. The van der Waals surface area contributed by atoms with E-state index in [9.17, 15) is 19.5 Å². The first-order valence-electron chi connectivity index (χ1n) is 14.6. The van der Waals surface area contributed by atoms with E-state index in [2.05, 4.69) is 10.6 Å². The van der Waals surface area contributed by atoms with Crippen LogP contribution in [0.4, 0.5) is 10.5 Å². The SMILES string of the molecule is CC[C@H](C)[C@@H](CO)NC(=O)[C@H](CC1=CN(C(=O)[C@H](C)N)CN1c1cccc2ccccc12)NC(=O)OCc1ccccc1. The quantitative estimate of drug-likeness (QED) is 0.253. The van der Waals surface area contributed by atoms with Crippen LogP contribution in [0.15, 0.2) is 84.7 Å². The molecular weight excluding hydrogens is 546 g/mol. The van der Waals surface area contributed by atoms with Crippen LogP contribution >= 0.6 is 0 Å². The van der Waals surface area contributed by atoms with Gasteiger partial charge in [-0.3, -0.25) is 14.5 Å². The van der Waals surface area contributed by atoms with Crippen molar-refractivity contribution in [3.63, 3.8) is 0 Å². The van der Waals surface area contributed by atoms with E-state index >= 15 is 0 Å². The minimum Gasteiger partial charge on any atom is -0.445 e. The first-order valence-corrected chi connectivity index (χ1v) is 14.6. The number of nitrogens with two attached hydrogens (primary N) is 1. The molecule has 10 heteroatoms. The van der Waals surface area contributed by atoms with Crippen LogP contribution in [0.3, 0.4) is 0 Å². The number of hydrogen-bond donors (Lipinski definition) is 4. The summed E-state index contributed by atoms with van der Waals surface area (Å²) in [6.07, 6.45) is 1.73. The van der Waals surface area contributed by atoms with Gasteiger partial charge in [0.1, 0.15) is 19.3 Å². The summed E-state index contributed by atoms with van der Waals surface area (Å²) in [5.74, 6) is -0.725. The Morgan fingerprint density at radius 3 is 2.37 bits per heavy atom. The van der Waals surface area contributed by atoms with Gasteiger partial charge in [0.25, 0.3) is 0 Å². The van der Waals surface area contributed by atoms with Crippen molar-refractivity contribution in [2.75, 3.05) is 18.2 Å². The normalized spacial score (nSPS) is 15.8. The third kappa shape index (κ3) is 7.91. The standard InChI is InChI=1S/C33H41N5O5/c1-4-22(2)29(19-39)35-31(40)28(36-33(42)43-20-24-11-6-5-7-12-24)17-26-18-37(32(41)23(3)34)21-38(26)30-16-10-14-25-13-8-9-15-27(25)30/h5-16,18,22-23,28-29,39H,4,17,19-21,34H2,1-3H3,(H,35,40)(H,36,42)/t22-,23-,28-,29+/m0/s1. The fraction of sp³-hybridized carbons (Fsp3) is 0.364. The monoisotopic (exact) mass is 587 g/mol. The maximum absolute atomic E-state index is 13.7. The highest BCUT2D eigenvalue weighted by Crippen LogP contribution is 2.34. The minimum atomic E-state index is -1.06. The second-order valence-corrected chi connectivity index (χ2v) is 10.9. The molecular formula is C33H41N5O5. The summed E-state index contributed by atoms with van der Waals surface area (Å²) in [5.41, 5.74) is 8.24. The summed E-state index contributed by atoms with van der Waals surface area (Å²) in [7, 11) is 0. The van der Waals surface area contributed by atoms with Gasteiger partial charge in [0.05, 0.1) is 24.4 Å². The second-order valence-electron chi connectivity index (χ2n) is 10.9. The molecule has 3 aromatic carbocycles. The second kappa shape index (κ2) is 14.7. The Morgan fingerprint density at radius 1 is 0.977 bits per heavy atom. The van der Waals surface area contributed by atoms with Gasteiger partial charge < -0.3 is 31.1 Å². The molecule has 43 heavy (non-hydrogen) atoms. The maximum Gasteiger partial charge on any atom is 0.408 e. The van der Waals surface area contributed by atoms with E-state index in [-0.39, 0.29) is 38.1 Å². The molecule has 0 aromatic heterocycles. The molecule has 0 bridgehead atoms. The number of carbonyl (C=O) groups excluding carboxylic acids is 3. The van der Waals surface area contributed by atoms with Crippen molar-refractivity contribution in [3.8, 4) is 0 Å². The topological polar surface area (TPSA) is 137 Å². The van der Waals surface area contributed by atoms with Crippen LogP contribution in [-0.4, -0.2) is 59.3 Å². The van der Waals surface area contributed by atoms with Gasteiger partial charge in [-0.1, -0.05) is 87.0 Å². The molecule has 1 aliphatic rings. The van der Waals surface area contributed by atoms with E-state index in [1.807, 2.05) is 91.5 Å². The van der Waals surface area contributed by atoms with Gasteiger partial charge in [-0.05, 0) is 29.9 Å². The number of hydrogen-bond acceptors (Lipinski definition) is 7. The van der Waals surface area contributed by atoms with Gasteiger partial charge in [0.2, 0.25) is 11.8 Å². The zero-order valence-electron chi connectivity index (χ0n) is 24.9. The molecule has 5 N–H and O–H groups in total. The highest BCUT2D eigenvalue weighted by molar-refractivity contribution is 5.96. The first-order chi connectivity index (χ1) is 20.7. The molecule has 0 saturated heterocycles. The van der Waals surface area contributed by atoms with Crippen LogP contribution in [0.1, 0.15) is 39.2 Å². The molecule has 0 aliphatic carbocycles. The summed E-state index contributed by atoms with van der Waals surface area (Å²) in [6, 6.07) is 20.8. The van der Waals surface area contributed by atoms with Gasteiger partial charge >= 0.3 is 6.09 Å². The van der Waals surface area contributed by atoms with Crippen molar-refractivity contribution in [1.29, 1.82) is 0 Å². The van der Waals surface area contributed by atoms with Crippen molar-refractivity contribution in [2.24, 2.45) is 11.7 Å². The van der Waals surface area contributed by atoms with Crippen LogP contribution in [-0.2, 0) is 20.9 Å². The third-order valence-corrected chi connectivity index (χ3v) is 7.77. The number of ether oxygens (including phenoxy) is 1. The smallest absolute Gasteiger partial charge is 0.408 e. The van der Waals surface area contributed by atoms with Gasteiger partial charge in [-0.15, -0.1) is 0 Å². The van der Waals surface area contributed by atoms with Gasteiger partial charge in [-0.2, -0.15) is 0 Å². The van der Waals surface area contributed by atoms with E-state index in [4.69, 9.17) is 10.5 Å². The molecule has 0 spiro atoms.